The van der Waals surface area contributed by atoms with Crippen LogP contribution in [-0.2, 0) is 17.4 Å². The summed E-state index contributed by atoms with van der Waals surface area (Å²) in [6.45, 7) is 1.36. The number of nitrogen functional groups attached to an aromatic ring is 1. The fourth-order valence-electron chi connectivity index (χ4n) is 3.02. The zero-order chi connectivity index (χ0) is 18.2. The Morgan fingerprint density at radius 3 is 2.72 bits per heavy atom. The summed E-state index contributed by atoms with van der Waals surface area (Å²) in [7, 11) is 0. The van der Waals surface area contributed by atoms with Crippen LogP contribution in [0.15, 0.2) is 30.5 Å². The number of nitrogens with one attached hydrogen (secondary N) is 2. The van der Waals surface area contributed by atoms with Crippen LogP contribution in [0.25, 0.3) is 0 Å². The smallest absolute Gasteiger partial charge is 0.368 e. The predicted molar refractivity (Wildman–Crippen MR) is 85.6 cm³/mol. The average Bonchev–Trinajstić information content (AvgIpc) is 2.83. The quantitative estimate of drug-likeness (QED) is 0.789. The van der Waals surface area contributed by atoms with Crippen LogP contribution in [0.4, 0.5) is 24.9 Å². The van der Waals surface area contributed by atoms with E-state index in [1.165, 1.54) is 6.92 Å². The van der Waals surface area contributed by atoms with Crippen molar-refractivity contribution in [3.8, 4) is 0 Å². The van der Waals surface area contributed by atoms with Crippen molar-refractivity contribution in [2.45, 2.75) is 31.6 Å². The maximum absolute atomic E-state index is 13.2. The molecule has 4 N–H and O–H groups in total. The SMILES string of the molecule is CC(=O)N[C@@H]1c2ccccc2C[C@H]1Nc1nc(N)ncc1C(F)(F)F. The van der Waals surface area contributed by atoms with Gasteiger partial charge in [-0.2, -0.15) is 18.2 Å². The third-order valence-corrected chi connectivity index (χ3v) is 4.03. The van der Waals surface area contributed by atoms with Gasteiger partial charge in [-0.1, -0.05) is 24.3 Å². The number of nitrogens with zero attached hydrogens (tertiary/aromatic N) is 2. The molecule has 0 aliphatic heterocycles. The molecule has 2 aromatic rings. The van der Waals surface area contributed by atoms with E-state index in [0.717, 1.165) is 11.1 Å². The lowest BCUT2D eigenvalue weighted by molar-refractivity contribution is -0.137. The van der Waals surface area contributed by atoms with Crippen molar-refractivity contribution in [3.05, 3.63) is 47.2 Å². The summed E-state index contributed by atoms with van der Waals surface area (Å²) in [6, 6.07) is 6.43. The zero-order valence-electron chi connectivity index (χ0n) is 13.3. The van der Waals surface area contributed by atoms with Gasteiger partial charge in [0.1, 0.15) is 11.4 Å². The number of rotatable bonds is 3. The second-order valence-electron chi connectivity index (χ2n) is 5.82. The van der Waals surface area contributed by atoms with E-state index in [4.69, 9.17) is 5.73 Å². The molecular formula is C16H16F3N5O. The Bertz CT molecular complexity index is 809. The molecule has 6 nitrogen and oxygen atoms in total. The minimum absolute atomic E-state index is 0.262. The van der Waals surface area contributed by atoms with E-state index >= 15 is 0 Å². The van der Waals surface area contributed by atoms with Gasteiger partial charge in [0.15, 0.2) is 0 Å². The number of hydrogen-bond acceptors (Lipinski definition) is 5. The third kappa shape index (κ3) is 3.49. The van der Waals surface area contributed by atoms with Crippen LogP contribution >= 0.6 is 0 Å². The van der Waals surface area contributed by atoms with Crippen molar-refractivity contribution < 1.29 is 18.0 Å². The number of anilines is 2. The molecule has 0 bridgehead atoms. The number of hydrogen-bond donors (Lipinski definition) is 3. The van der Waals surface area contributed by atoms with Gasteiger partial charge in [0.2, 0.25) is 11.9 Å². The molecule has 132 valence electrons. The van der Waals surface area contributed by atoms with Crippen molar-refractivity contribution in [2.75, 3.05) is 11.1 Å². The molecule has 1 heterocycles. The molecule has 3 rings (SSSR count). The Labute approximate surface area is 141 Å². The molecule has 2 atom stereocenters. The lowest BCUT2D eigenvalue weighted by Gasteiger charge is -2.24. The van der Waals surface area contributed by atoms with Crippen LogP contribution in [0.3, 0.4) is 0 Å². The number of fused-ring (bicyclic) bond motifs is 1. The molecule has 1 amide bonds. The first kappa shape index (κ1) is 17.0. The molecule has 1 aliphatic carbocycles. The summed E-state index contributed by atoms with van der Waals surface area (Å²) in [5.74, 6) is -0.929. The molecule has 0 saturated carbocycles. The van der Waals surface area contributed by atoms with E-state index in [0.29, 0.717) is 12.6 Å². The fraction of sp³-hybridized carbons (Fsp3) is 0.312. The number of alkyl halides is 3. The number of benzene rings is 1. The number of carbonyl (C=O) groups excluding carboxylic acids is 1. The number of halogens is 3. The monoisotopic (exact) mass is 351 g/mol. The zero-order valence-corrected chi connectivity index (χ0v) is 13.3. The minimum Gasteiger partial charge on any atom is -0.368 e. The molecule has 0 fully saturated rings. The minimum atomic E-state index is -4.62. The standard InChI is InChI=1S/C16H16F3N5O/c1-8(25)22-13-10-5-3-2-4-9(10)6-12(13)23-14-11(16(17,18)19)7-21-15(20)24-14/h2-5,7,12-13H,6H2,1H3,(H,22,25)(H3,20,21,23,24)/t12-,13-/m1/s1. The van der Waals surface area contributed by atoms with Gasteiger partial charge in [0.25, 0.3) is 0 Å². The summed E-state index contributed by atoms with van der Waals surface area (Å²) in [4.78, 5) is 18.7. The van der Waals surface area contributed by atoms with Crippen LogP contribution in [-0.4, -0.2) is 21.9 Å². The Balaban J connectivity index is 1.95. The molecule has 0 saturated heterocycles. The molecule has 1 aromatic heterocycles. The van der Waals surface area contributed by atoms with Gasteiger partial charge in [-0.3, -0.25) is 4.79 Å². The van der Waals surface area contributed by atoms with Crippen molar-refractivity contribution in [2.24, 2.45) is 0 Å². The van der Waals surface area contributed by atoms with Crippen LogP contribution < -0.4 is 16.4 Å². The predicted octanol–water partition coefficient (Wildman–Crippen LogP) is 2.29. The lowest BCUT2D eigenvalue weighted by Crippen LogP contribution is -2.37. The van der Waals surface area contributed by atoms with E-state index in [1.54, 1.807) is 0 Å². The van der Waals surface area contributed by atoms with Crippen molar-refractivity contribution in [1.29, 1.82) is 0 Å². The topological polar surface area (TPSA) is 92.9 Å². The van der Waals surface area contributed by atoms with Crippen LogP contribution in [0.1, 0.15) is 29.7 Å². The van der Waals surface area contributed by atoms with E-state index in [9.17, 15) is 18.0 Å². The van der Waals surface area contributed by atoms with Gasteiger partial charge in [0.05, 0.1) is 12.1 Å². The lowest BCUT2D eigenvalue weighted by atomic mass is 10.1. The van der Waals surface area contributed by atoms with E-state index in [1.807, 2.05) is 24.3 Å². The Morgan fingerprint density at radius 2 is 2.04 bits per heavy atom. The van der Waals surface area contributed by atoms with Gasteiger partial charge >= 0.3 is 6.18 Å². The van der Waals surface area contributed by atoms with Crippen molar-refractivity contribution in [1.82, 2.24) is 15.3 Å². The fourth-order valence-corrected chi connectivity index (χ4v) is 3.02. The molecule has 0 radical (unpaired) electrons. The first-order valence-electron chi connectivity index (χ1n) is 7.57. The number of amides is 1. The largest absolute Gasteiger partial charge is 0.421 e. The third-order valence-electron chi connectivity index (χ3n) is 4.03. The molecular weight excluding hydrogens is 335 g/mol. The van der Waals surface area contributed by atoms with Crippen molar-refractivity contribution in [3.63, 3.8) is 0 Å². The first-order valence-corrected chi connectivity index (χ1v) is 7.57. The summed E-state index contributed by atoms with van der Waals surface area (Å²) in [6.07, 6.45) is -3.52. The highest BCUT2D eigenvalue weighted by molar-refractivity contribution is 5.74. The number of aromatic nitrogens is 2. The Kier molecular flexibility index (Phi) is 4.23. The molecule has 25 heavy (non-hydrogen) atoms. The highest BCUT2D eigenvalue weighted by Gasteiger charge is 2.38. The van der Waals surface area contributed by atoms with Gasteiger partial charge in [-0.15, -0.1) is 0 Å². The van der Waals surface area contributed by atoms with Crippen LogP contribution in [0.5, 0.6) is 0 Å². The average molecular weight is 351 g/mol. The maximum Gasteiger partial charge on any atom is 0.421 e. The Hall–Kier alpha value is -2.84. The Morgan fingerprint density at radius 1 is 1.32 bits per heavy atom. The highest BCUT2D eigenvalue weighted by Crippen LogP contribution is 2.37. The second kappa shape index (κ2) is 6.23. The second-order valence-corrected chi connectivity index (χ2v) is 5.82. The van der Waals surface area contributed by atoms with Gasteiger partial charge in [-0.25, -0.2) is 4.98 Å². The summed E-state index contributed by atoms with van der Waals surface area (Å²) in [5, 5.41) is 5.58. The molecule has 0 unspecified atom stereocenters. The normalized spacial score (nSPS) is 19.4. The molecule has 1 aromatic carbocycles. The van der Waals surface area contributed by atoms with Crippen molar-refractivity contribution >= 4 is 17.7 Å². The van der Waals surface area contributed by atoms with E-state index in [-0.39, 0.29) is 11.9 Å². The van der Waals surface area contributed by atoms with E-state index < -0.39 is 29.6 Å². The summed E-state index contributed by atoms with van der Waals surface area (Å²) in [5.41, 5.74) is 6.26. The number of carbonyl (C=O) groups is 1. The van der Waals surface area contributed by atoms with Crippen LogP contribution in [0.2, 0.25) is 0 Å². The first-order chi connectivity index (χ1) is 11.8. The summed E-state index contributed by atoms with van der Waals surface area (Å²) < 4.78 is 39.6. The number of nitrogens with two attached hydrogens (primary N) is 1. The molecule has 0 spiro atoms. The highest BCUT2D eigenvalue weighted by atomic mass is 19.4. The molecule has 1 aliphatic rings. The van der Waals surface area contributed by atoms with Gasteiger partial charge in [0, 0.05) is 13.1 Å². The van der Waals surface area contributed by atoms with E-state index in [2.05, 4.69) is 20.6 Å². The molecule has 9 heteroatoms. The van der Waals surface area contributed by atoms with Gasteiger partial charge < -0.3 is 16.4 Å². The van der Waals surface area contributed by atoms with Gasteiger partial charge in [-0.05, 0) is 17.5 Å². The maximum atomic E-state index is 13.2. The summed E-state index contributed by atoms with van der Waals surface area (Å²) >= 11 is 0. The van der Waals surface area contributed by atoms with Crippen LogP contribution in [0, 0.1) is 0 Å².